The molecule has 0 spiro atoms. The van der Waals surface area contributed by atoms with E-state index in [0.29, 0.717) is 13.2 Å². The van der Waals surface area contributed by atoms with Gasteiger partial charge in [-0.05, 0) is 25.6 Å². The second-order valence-electron chi connectivity index (χ2n) is 3.79. The fraction of sp³-hybridized carbons (Fsp3) is 0.417. The molecule has 0 amide bonds. The number of benzene rings is 1. The third kappa shape index (κ3) is 1.75. The summed E-state index contributed by atoms with van der Waals surface area (Å²) >= 11 is 0. The molecule has 0 aromatic heterocycles. The zero-order valence-corrected chi connectivity index (χ0v) is 9.09. The highest BCUT2D eigenvalue weighted by molar-refractivity contribution is 6.01. The first-order valence-corrected chi connectivity index (χ1v) is 5.17. The Balaban J connectivity index is 2.45. The monoisotopic (exact) mass is 205 g/mol. The van der Waals surface area contributed by atoms with Crippen molar-refractivity contribution in [1.29, 1.82) is 0 Å². The van der Waals surface area contributed by atoms with Gasteiger partial charge >= 0.3 is 0 Å². The third-order valence-electron chi connectivity index (χ3n) is 2.70. The maximum absolute atomic E-state index is 11.9. The number of likely N-dealkylation sites (N-methyl/N-ethyl adjacent to an activating group) is 1. The third-order valence-corrected chi connectivity index (χ3v) is 2.70. The largest absolute Gasteiger partial charge is 0.493 e. The Hall–Kier alpha value is -1.35. The minimum atomic E-state index is 0.150. The number of aryl methyl sites for hydroxylation is 1. The molecule has 0 radical (unpaired) electrons. The van der Waals surface area contributed by atoms with Gasteiger partial charge in [0.15, 0.2) is 5.78 Å². The number of nitrogens with one attached hydrogen (secondary N) is 1. The standard InChI is InChI=1S/C12H15NO2/c1-8-3-4-11-9(5-6-15-11)12(8)10(14)7-13-2/h3-4,13H,5-7H2,1-2H3. The first-order chi connectivity index (χ1) is 7.24. The van der Waals surface area contributed by atoms with Crippen LogP contribution in [0.1, 0.15) is 21.5 Å². The van der Waals surface area contributed by atoms with Gasteiger partial charge in [0.25, 0.3) is 0 Å². The van der Waals surface area contributed by atoms with Crippen LogP contribution < -0.4 is 10.1 Å². The Bertz CT molecular complexity index is 399. The molecule has 0 atom stereocenters. The number of carbonyl (C=O) groups excluding carboxylic acids is 1. The molecule has 3 heteroatoms. The lowest BCUT2D eigenvalue weighted by Crippen LogP contribution is -2.20. The molecule has 0 bridgehead atoms. The maximum atomic E-state index is 11.9. The quantitative estimate of drug-likeness (QED) is 0.757. The van der Waals surface area contributed by atoms with Gasteiger partial charge in [0.2, 0.25) is 0 Å². The van der Waals surface area contributed by atoms with E-state index in [9.17, 15) is 4.79 Å². The summed E-state index contributed by atoms with van der Waals surface area (Å²) in [5.41, 5.74) is 2.97. The van der Waals surface area contributed by atoms with Gasteiger partial charge in [-0.3, -0.25) is 4.79 Å². The normalized spacial score (nSPS) is 13.5. The highest BCUT2D eigenvalue weighted by atomic mass is 16.5. The number of rotatable bonds is 3. The number of fused-ring (bicyclic) bond motifs is 1. The summed E-state index contributed by atoms with van der Waals surface area (Å²) in [6.07, 6.45) is 0.849. The lowest BCUT2D eigenvalue weighted by molar-refractivity contribution is 0.0992. The molecule has 0 unspecified atom stereocenters. The number of ketones is 1. The van der Waals surface area contributed by atoms with Gasteiger partial charge in [-0.1, -0.05) is 6.07 Å². The molecular weight excluding hydrogens is 190 g/mol. The summed E-state index contributed by atoms with van der Waals surface area (Å²) in [7, 11) is 1.78. The van der Waals surface area contributed by atoms with E-state index in [2.05, 4.69) is 5.32 Å². The molecular formula is C12H15NO2. The minimum absolute atomic E-state index is 0.150. The van der Waals surface area contributed by atoms with E-state index in [0.717, 1.165) is 28.9 Å². The maximum Gasteiger partial charge on any atom is 0.177 e. The van der Waals surface area contributed by atoms with Gasteiger partial charge < -0.3 is 10.1 Å². The lowest BCUT2D eigenvalue weighted by atomic mass is 9.96. The Morgan fingerprint density at radius 2 is 2.33 bits per heavy atom. The van der Waals surface area contributed by atoms with Crippen LogP contribution in [-0.2, 0) is 6.42 Å². The Morgan fingerprint density at radius 1 is 1.53 bits per heavy atom. The second kappa shape index (κ2) is 4.03. The predicted molar refractivity (Wildman–Crippen MR) is 58.6 cm³/mol. The molecule has 1 aromatic rings. The van der Waals surface area contributed by atoms with E-state index in [-0.39, 0.29) is 5.78 Å². The van der Waals surface area contributed by atoms with Gasteiger partial charge in [-0.25, -0.2) is 0 Å². The van der Waals surface area contributed by atoms with Crippen LogP contribution in [0.4, 0.5) is 0 Å². The van der Waals surface area contributed by atoms with E-state index >= 15 is 0 Å². The average Bonchev–Trinajstić information content (AvgIpc) is 2.65. The highest BCUT2D eigenvalue weighted by Gasteiger charge is 2.21. The molecule has 0 fully saturated rings. The van der Waals surface area contributed by atoms with Crippen LogP contribution in [-0.4, -0.2) is 26.0 Å². The van der Waals surface area contributed by atoms with E-state index in [1.54, 1.807) is 7.05 Å². The molecule has 1 aliphatic rings. The molecule has 80 valence electrons. The van der Waals surface area contributed by atoms with Crippen molar-refractivity contribution in [2.24, 2.45) is 0 Å². The zero-order valence-electron chi connectivity index (χ0n) is 9.09. The van der Waals surface area contributed by atoms with Gasteiger partial charge in [0.05, 0.1) is 13.2 Å². The molecule has 0 saturated carbocycles. The van der Waals surface area contributed by atoms with Crippen LogP contribution in [0.25, 0.3) is 0 Å². The van der Waals surface area contributed by atoms with E-state index < -0.39 is 0 Å². The van der Waals surface area contributed by atoms with Crippen molar-refractivity contribution in [2.75, 3.05) is 20.2 Å². The van der Waals surface area contributed by atoms with Gasteiger partial charge in [0.1, 0.15) is 5.75 Å². The van der Waals surface area contributed by atoms with E-state index in [1.807, 2.05) is 19.1 Å². The predicted octanol–water partition coefficient (Wildman–Crippen LogP) is 1.33. The molecule has 15 heavy (non-hydrogen) atoms. The van der Waals surface area contributed by atoms with Gasteiger partial charge in [0, 0.05) is 17.5 Å². The topological polar surface area (TPSA) is 38.3 Å². The number of carbonyl (C=O) groups is 1. The Morgan fingerprint density at radius 3 is 3.07 bits per heavy atom. The van der Waals surface area contributed by atoms with Crippen molar-refractivity contribution >= 4 is 5.78 Å². The van der Waals surface area contributed by atoms with Crippen molar-refractivity contribution in [3.8, 4) is 5.75 Å². The Labute approximate surface area is 89.4 Å². The number of hydrogen-bond donors (Lipinski definition) is 1. The molecule has 0 aliphatic carbocycles. The van der Waals surface area contributed by atoms with Crippen LogP contribution >= 0.6 is 0 Å². The number of Topliss-reactive ketones (excluding diaryl/α,β-unsaturated/α-hetero) is 1. The smallest absolute Gasteiger partial charge is 0.177 e. The molecule has 1 N–H and O–H groups in total. The molecule has 3 nitrogen and oxygen atoms in total. The second-order valence-corrected chi connectivity index (χ2v) is 3.79. The van der Waals surface area contributed by atoms with Crippen molar-refractivity contribution in [3.05, 3.63) is 28.8 Å². The summed E-state index contributed by atoms with van der Waals surface area (Å²) in [6, 6.07) is 3.90. The van der Waals surface area contributed by atoms with Crippen LogP contribution in [0.3, 0.4) is 0 Å². The summed E-state index contributed by atoms with van der Waals surface area (Å²) in [5.74, 6) is 1.03. The Kier molecular flexibility index (Phi) is 2.73. The van der Waals surface area contributed by atoms with Crippen molar-refractivity contribution in [1.82, 2.24) is 5.32 Å². The number of ether oxygens (including phenoxy) is 1. The summed E-state index contributed by atoms with van der Waals surface area (Å²) in [5, 5.41) is 2.89. The van der Waals surface area contributed by atoms with Gasteiger partial charge in [-0.2, -0.15) is 0 Å². The fourth-order valence-corrected chi connectivity index (χ4v) is 2.03. The first-order valence-electron chi connectivity index (χ1n) is 5.17. The summed E-state index contributed by atoms with van der Waals surface area (Å²) < 4.78 is 5.45. The zero-order chi connectivity index (χ0) is 10.8. The van der Waals surface area contributed by atoms with E-state index in [4.69, 9.17) is 4.74 Å². The summed E-state index contributed by atoms with van der Waals surface area (Å²) in [4.78, 5) is 11.9. The van der Waals surface area contributed by atoms with Crippen LogP contribution in [0.5, 0.6) is 5.75 Å². The van der Waals surface area contributed by atoms with Crippen molar-refractivity contribution < 1.29 is 9.53 Å². The highest BCUT2D eigenvalue weighted by Crippen LogP contribution is 2.30. The average molecular weight is 205 g/mol. The lowest BCUT2D eigenvalue weighted by Gasteiger charge is -2.09. The van der Waals surface area contributed by atoms with E-state index in [1.165, 1.54) is 0 Å². The fourth-order valence-electron chi connectivity index (χ4n) is 2.03. The first kappa shape index (κ1) is 10.2. The van der Waals surface area contributed by atoms with Crippen LogP contribution in [0, 0.1) is 6.92 Å². The molecule has 0 saturated heterocycles. The molecule has 1 aliphatic heterocycles. The van der Waals surface area contributed by atoms with Crippen LogP contribution in [0.15, 0.2) is 12.1 Å². The SMILES string of the molecule is CNCC(=O)c1c(C)ccc2c1CCO2. The molecule has 2 rings (SSSR count). The minimum Gasteiger partial charge on any atom is -0.493 e. The van der Waals surface area contributed by atoms with Crippen molar-refractivity contribution in [2.45, 2.75) is 13.3 Å². The molecule has 1 heterocycles. The van der Waals surface area contributed by atoms with Gasteiger partial charge in [-0.15, -0.1) is 0 Å². The number of hydrogen-bond acceptors (Lipinski definition) is 3. The molecule has 1 aromatic carbocycles. The van der Waals surface area contributed by atoms with Crippen LogP contribution in [0.2, 0.25) is 0 Å². The van der Waals surface area contributed by atoms with Crippen molar-refractivity contribution in [3.63, 3.8) is 0 Å². The summed E-state index contributed by atoms with van der Waals surface area (Å²) in [6.45, 7) is 3.05.